The number of nitrogens with one attached hydrogen (secondary N) is 1. The lowest BCUT2D eigenvalue weighted by atomic mass is 10.2. The Balaban J connectivity index is 1.62. The first kappa shape index (κ1) is 16.7. The average molecular weight is 346 g/mol. The molecule has 132 valence electrons. The number of carbonyl (C=O) groups excluding carboxylic acids is 1. The van der Waals surface area contributed by atoms with E-state index in [9.17, 15) is 14.9 Å². The third kappa shape index (κ3) is 3.54. The first-order chi connectivity index (χ1) is 12.0. The van der Waals surface area contributed by atoms with Crippen LogP contribution in [0.2, 0.25) is 0 Å². The van der Waals surface area contributed by atoms with Gasteiger partial charge in [0.2, 0.25) is 5.91 Å². The number of rotatable bonds is 5. The molecule has 0 saturated carbocycles. The van der Waals surface area contributed by atoms with Gasteiger partial charge in [-0.25, -0.2) is 0 Å². The predicted molar refractivity (Wildman–Crippen MR) is 89.0 cm³/mol. The lowest BCUT2D eigenvalue weighted by molar-refractivity contribution is -0.386. The highest BCUT2D eigenvalue weighted by Gasteiger charge is 2.22. The molecule has 2 heterocycles. The van der Waals surface area contributed by atoms with Gasteiger partial charge in [0.1, 0.15) is 24.6 Å². The van der Waals surface area contributed by atoms with E-state index in [-0.39, 0.29) is 24.6 Å². The second-order valence-electron chi connectivity index (χ2n) is 5.66. The minimum Gasteiger partial charge on any atom is -0.486 e. The topological polar surface area (TPSA) is 109 Å². The van der Waals surface area contributed by atoms with Gasteiger partial charge in [0.05, 0.1) is 11.5 Å². The van der Waals surface area contributed by atoms with Crippen LogP contribution in [0.15, 0.2) is 18.2 Å². The second kappa shape index (κ2) is 6.80. The fraction of sp³-hybridized carbons (Fsp3) is 0.375. The molecule has 1 aromatic carbocycles. The number of ether oxygens (including phenoxy) is 2. The Morgan fingerprint density at radius 3 is 2.72 bits per heavy atom. The van der Waals surface area contributed by atoms with Crippen molar-refractivity contribution in [2.24, 2.45) is 0 Å². The maximum Gasteiger partial charge on any atom is 0.312 e. The summed E-state index contributed by atoms with van der Waals surface area (Å²) < 4.78 is 12.4. The summed E-state index contributed by atoms with van der Waals surface area (Å²) in [5.74, 6) is 1.03. The molecular weight excluding hydrogens is 328 g/mol. The van der Waals surface area contributed by atoms with Crippen molar-refractivity contribution in [1.29, 1.82) is 0 Å². The highest BCUT2D eigenvalue weighted by atomic mass is 16.6. The fourth-order valence-electron chi connectivity index (χ4n) is 2.72. The summed E-state index contributed by atoms with van der Waals surface area (Å²) in [4.78, 5) is 22.7. The van der Waals surface area contributed by atoms with Crippen molar-refractivity contribution < 1.29 is 19.2 Å². The van der Waals surface area contributed by atoms with Crippen molar-refractivity contribution in [3.05, 3.63) is 39.7 Å². The Bertz CT molecular complexity index is 830. The van der Waals surface area contributed by atoms with Crippen molar-refractivity contribution in [2.75, 3.05) is 18.5 Å². The monoisotopic (exact) mass is 346 g/mol. The number of amides is 1. The number of nitro groups is 1. The molecule has 0 spiro atoms. The first-order valence-electron chi connectivity index (χ1n) is 7.83. The van der Waals surface area contributed by atoms with Crippen molar-refractivity contribution in [2.45, 2.75) is 26.8 Å². The minimum absolute atomic E-state index is 0.00718. The van der Waals surface area contributed by atoms with Crippen LogP contribution in [0.4, 0.5) is 11.4 Å². The smallest absolute Gasteiger partial charge is 0.312 e. The molecule has 9 heteroatoms. The van der Waals surface area contributed by atoms with Gasteiger partial charge >= 0.3 is 5.69 Å². The number of hydrogen-bond acceptors (Lipinski definition) is 6. The standard InChI is InChI=1S/C16H18N4O5/c1-10-16(20(22)23)11(2)19(18-10)6-5-15(21)17-12-3-4-13-14(9-12)25-8-7-24-13/h3-4,9H,5-8H2,1-2H3,(H,17,21). The molecule has 1 N–H and O–H groups in total. The Hall–Kier alpha value is -3.10. The van der Waals surface area contributed by atoms with Crippen LogP contribution < -0.4 is 14.8 Å². The van der Waals surface area contributed by atoms with E-state index in [4.69, 9.17) is 9.47 Å². The molecule has 2 aromatic rings. The summed E-state index contributed by atoms with van der Waals surface area (Å²) in [6, 6.07) is 5.19. The van der Waals surface area contributed by atoms with Gasteiger partial charge < -0.3 is 14.8 Å². The third-order valence-electron chi connectivity index (χ3n) is 3.90. The summed E-state index contributed by atoms with van der Waals surface area (Å²) in [5.41, 5.74) is 1.38. The zero-order chi connectivity index (χ0) is 18.0. The van der Waals surface area contributed by atoms with Crippen LogP contribution in [-0.2, 0) is 11.3 Å². The number of benzene rings is 1. The van der Waals surface area contributed by atoms with Crippen LogP contribution in [0.25, 0.3) is 0 Å². The molecule has 9 nitrogen and oxygen atoms in total. The number of aryl methyl sites for hydroxylation is 2. The normalized spacial score (nSPS) is 12.7. The lowest BCUT2D eigenvalue weighted by Crippen LogP contribution is -2.17. The molecule has 1 amide bonds. The highest BCUT2D eigenvalue weighted by molar-refractivity contribution is 5.91. The number of aromatic nitrogens is 2. The average Bonchev–Trinajstić information content (AvgIpc) is 2.86. The van der Waals surface area contributed by atoms with Crippen molar-refractivity contribution >= 4 is 17.3 Å². The van der Waals surface area contributed by atoms with Crippen LogP contribution in [-0.4, -0.2) is 33.8 Å². The number of anilines is 1. The van der Waals surface area contributed by atoms with Gasteiger partial charge in [-0.05, 0) is 26.0 Å². The Kier molecular flexibility index (Phi) is 4.55. The maximum absolute atomic E-state index is 12.1. The van der Waals surface area contributed by atoms with E-state index >= 15 is 0 Å². The van der Waals surface area contributed by atoms with Gasteiger partial charge in [-0.1, -0.05) is 0 Å². The Morgan fingerprint density at radius 1 is 1.32 bits per heavy atom. The summed E-state index contributed by atoms with van der Waals surface area (Å²) in [7, 11) is 0. The van der Waals surface area contributed by atoms with E-state index in [1.54, 1.807) is 32.0 Å². The van der Waals surface area contributed by atoms with E-state index in [2.05, 4.69) is 10.4 Å². The number of fused-ring (bicyclic) bond motifs is 1. The van der Waals surface area contributed by atoms with Crippen LogP contribution >= 0.6 is 0 Å². The van der Waals surface area contributed by atoms with E-state index in [1.807, 2.05) is 0 Å². The molecule has 0 aliphatic carbocycles. The summed E-state index contributed by atoms with van der Waals surface area (Å²) in [6.07, 6.45) is 0.146. The Morgan fingerprint density at radius 2 is 2.04 bits per heavy atom. The zero-order valence-corrected chi connectivity index (χ0v) is 13.9. The highest BCUT2D eigenvalue weighted by Crippen LogP contribution is 2.32. The molecule has 0 bridgehead atoms. The summed E-state index contributed by atoms with van der Waals surface area (Å²) in [6.45, 7) is 4.44. The van der Waals surface area contributed by atoms with E-state index in [1.165, 1.54) is 4.68 Å². The van der Waals surface area contributed by atoms with Gasteiger partial charge in [0.25, 0.3) is 0 Å². The van der Waals surface area contributed by atoms with E-state index in [0.717, 1.165) is 0 Å². The van der Waals surface area contributed by atoms with Crippen LogP contribution in [0.1, 0.15) is 17.8 Å². The molecule has 0 saturated heterocycles. The lowest BCUT2D eigenvalue weighted by Gasteiger charge is -2.19. The van der Waals surface area contributed by atoms with E-state index < -0.39 is 4.92 Å². The molecule has 0 atom stereocenters. The van der Waals surface area contributed by atoms with Gasteiger partial charge in [0, 0.05) is 18.2 Å². The van der Waals surface area contributed by atoms with E-state index in [0.29, 0.717) is 41.8 Å². The predicted octanol–water partition coefficient (Wildman–Crippen LogP) is 2.21. The number of hydrogen-bond donors (Lipinski definition) is 1. The molecule has 3 rings (SSSR count). The fourth-order valence-corrected chi connectivity index (χ4v) is 2.72. The van der Waals surface area contributed by atoms with Crippen molar-refractivity contribution in [1.82, 2.24) is 9.78 Å². The number of carbonyl (C=O) groups is 1. The maximum atomic E-state index is 12.1. The van der Waals surface area contributed by atoms with Crippen LogP contribution in [0.5, 0.6) is 11.5 Å². The first-order valence-corrected chi connectivity index (χ1v) is 7.83. The van der Waals surface area contributed by atoms with Crippen LogP contribution in [0, 0.1) is 24.0 Å². The van der Waals surface area contributed by atoms with Gasteiger partial charge in [-0.2, -0.15) is 5.10 Å². The molecule has 0 unspecified atom stereocenters. The molecule has 0 fully saturated rings. The minimum atomic E-state index is -0.455. The Labute approximate surface area is 143 Å². The van der Waals surface area contributed by atoms with Gasteiger partial charge in [-0.15, -0.1) is 0 Å². The molecular formula is C16H18N4O5. The second-order valence-corrected chi connectivity index (χ2v) is 5.66. The van der Waals surface area contributed by atoms with Gasteiger partial charge in [0.15, 0.2) is 11.5 Å². The van der Waals surface area contributed by atoms with Crippen LogP contribution in [0.3, 0.4) is 0 Å². The van der Waals surface area contributed by atoms with Gasteiger partial charge in [-0.3, -0.25) is 19.6 Å². The van der Waals surface area contributed by atoms with Crippen molar-refractivity contribution in [3.8, 4) is 11.5 Å². The summed E-state index contributed by atoms with van der Waals surface area (Å²) in [5, 5.41) is 17.9. The SMILES string of the molecule is Cc1nn(CCC(=O)Nc2ccc3c(c2)OCCO3)c(C)c1[N+](=O)[O-]. The quantitative estimate of drug-likeness (QED) is 0.657. The molecule has 1 aliphatic heterocycles. The largest absolute Gasteiger partial charge is 0.486 e. The molecule has 1 aromatic heterocycles. The molecule has 0 radical (unpaired) electrons. The molecule has 1 aliphatic rings. The zero-order valence-electron chi connectivity index (χ0n) is 13.9. The summed E-state index contributed by atoms with van der Waals surface area (Å²) >= 11 is 0. The third-order valence-corrected chi connectivity index (χ3v) is 3.90. The van der Waals surface area contributed by atoms with Crippen molar-refractivity contribution in [3.63, 3.8) is 0 Å². The number of nitrogens with zero attached hydrogens (tertiary/aromatic N) is 3. The molecule has 25 heavy (non-hydrogen) atoms.